The fourth-order valence-corrected chi connectivity index (χ4v) is 2.97. The van der Waals surface area contributed by atoms with E-state index in [0.717, 1.165) is 24.9 Å². The molecule has 2 aromatic rings. The standard InChI is InChI=1S/C15H19N3O2/c1-10-5-6-13-12(8-10)14(19)18(15(20)17(13)2)11-4-3-7-16-9-11/h5-6,8,11,16H,3-4,7,9H2,1-2H3. The highest BCUT2D eigenvalue weighted by molar-refractivity contribution is 5.78. The molecule has 0 aliphatic carbocycles. The van der Waals surface area contributed by atoms with E-state index in [0.29, 0.717) is 17.4 Å². The van der Waals surface area contributed by atoms with Gasteiger partial charge in [-0.1, -0.05) is 11.6 Å². The molecule has 20 heavy (non-hydrogen) atoms. The van der Waals surface area contributed by atoms with Crippen molar-refractivity contribution in [3.05, 3.63) is 44.6 Å². The zero-order valence-electron chi connectivity index (χ0n) is 11.8. The molecule has 0 bridgehead atoms. The van der Waals surface area contributed by atoms with Gasteiger partial charge in [0.1, 0.15) is 0 Å². The summed E-state index contributed by atoms with van der Waals surface area (Å²) >= 11 is 0. The Kier molecular flexibility index (Phi) is 3.22. The molecule has 2 heterocycles. The number of aryl methyl sites for hydroxylation is 2. The highest BCUT2D eigenvalue weighted by Crippen LogP contribution is 2.15. The van der Waals surface area contributed by atoms with E-state index in [9.17, 15) is 9.59 Å². The van der Waals surface area contributed by atoms with Crippen molar-refractivity contribution in [1.82, 2.24) is 14.5 Å². The Hall–Kier alpha value is -1.88. The van der Waals surface area contributed by atoms with Gasteiger partial charge in [-0.05, 0) is 38.4 Å². The lowest BCUT2D eigenvalue weighted by Crippen LogP contribution is -2.46. The van der Waals surface area contributed by atoms with Crippen molar-refractivity contribution < 1.29 is 0 Å². The van der Waals surface area contributed by atoms with Gasteiger partial charge in [0.15, 0.2) is 0 Å². The zero-order valence-corrected chi connectivity index (χ0v) is 11.8. The summed E-state index contributed by atoms with van der Waals surface area (Å²) in [6, 6.07) is 5.59. The molecule has 5 nitrogen and oxygen atoms in total. The van der Waals surface area contributed by atoms with Crippen LogP contribution in [0.5, 0.6) is 0 Å². The van der Waals surface area contributed by atoms with E-state index in [2.05, 4.69) is 5.32 Å². The fourth-order valence-electron chi connectivity index (χ4n) is 2.97. The Balaban J connectivity index is 2.32. The van der Waals surface area contributed by atoms with Crippen LogP contribution in [0.1, 0.15) is 24.4 Å². The summed E-state index contributed by atoms with van der Waals surface area (Å²) in [5.41, 5.74) is 1.34. The van der Waals surface area contributed by atoms with Gasteiger partial charge in [-0.25, -0.2) is 4.79 Å². The molecule has 1 aromatic heterocycles. The molecule has 1 aromatic carbocycles. The van der Waals surface area contributed by atoms with Crippen LogP contribution >= 0.6 is 0 Å². The monoisotopic (exact) mass is 273 g/mol. The smallest absolute Gasteiger partial charge is 0.315 e. The van der Waals surface area contributed by atoms with Gasteiger partial charge in [-0.2, -0.15) is 0 Å². The minimum Gasteiger partial charge on any atom is -0.315 e. The molecule has 1 N–H and O–H groups in total. The van der Waals surface area contributed by atoms with Crippen LogP contribution in [0.25, 0.3) is 10.9 Å². The van der Waals surface area contributed by atoms with Crippen LogP contribution in [-0.4, -0.2) is 22.2 Å². The average molecular weight is 273 g/mol. The predicted octanol–water partition coefficient (Wildman–Crippen LogP) is 0.933. The van der Waals surface area contributed by atoms with Crippen molar-refractivity contribution in [3.63, 3.8) is 0 Å². The molecule has 1 atom stereocenters. The van der Waals surface area contributed by atoms with Gasteiger partial charge in [-0.15, -0.1) is 0 Å². The number of nitrogens with one attached hydrogen (secondary N) is 1. The minimum absolute atomic E-state index is 0.0418. The van der Waals surface area contributed by atoms with E-state index in [1.165, 1.54) is 4.57 Å². The lowest BCUT2D eigenvalue weighted by Gasteiger charge is -2.25. The fraction of sp³-hybridized carbons (Fsp3) is 0.467. The van der Waals surface area contributed by atoms with Gasteiger partial charge < -0.3 is 5.32 Å². The van der Waals surface area contributed by atoms with Crippen LogP contribution < -0.4 is 16.6 Å². The maximum Gasteiger partial charge on any atom is 0.331 e. The van der Waals surface area contributed by atoms with Gasteiger partial charge in [-0.3, -0.25) is 13.9 Å². The molecule has 1 aliphatic rings. The first kappa shape index (κ1) is 13.1. The van der Waals surface area contributed by atoms with Gasteiger partial charge in [0.05, 0.1) is 16.9 Å². The summed E-state index contributed by atoms with van der Waals surface area (Å²) < 4.78 is 3.00. The van der Waals surface area contributed by atoms with Crippen LogP contribution in [0, 0.1) is 6.92 Å². The average Bonchev–Trinajstić information content (AvgIpc) is 2.46. The van der Waals surface area contributed by atoms with Gasteiger partial charge in [0, 0.05) is 13.6 Å². The lowest BCUT2D eigenvalue weighted by molar-refractivity contribution is 0.351. The lowest BCUT2D eigenvalue weighted by atomic mass is 10.1. The van der Waals surface area contributed by atoms with Crippen molar-refractivity contribution in [3.8, 4) is 0 Å². The van der Waals surface area contributed by atoms with E-state index < -0.39 is 0 Å². The second-order valence-electron chi connectivity index (χ2n) is 5.54. The summed E-state index contributed by atoms with van der Waals surface area (Å²) in [5, 5.41) is 3.88. The van der Waals surface area contributed by atoms with Gasteiger partial charge in [0.2, 0.25) is 0 Å². The molecular weight excluding hydrogens is 254 g/mol. The molecule has 106 valence electrons. The number of fused-ring (bicyclic) bond motifs is 1. The Morgan fingerprint density at radius 3 is 2.80 bits per heavy atom. The molecule has 0 saturated carbocycles. The molecule has 0 spiro atoms. The Morgan fingerprint density at radius 1 is 1.30 bits per heavy atom. The molecular formula is C15H19N3O2. The molecule has 0 radical (unpaired) electrons. The van der Waals surface area contributed by atoms with Gasteiger partial charge in [0.25, 0.3) is 5.56 Å². The third-order valence-electron chi connectivity index (χ3n) is 4.09. The minimum atomic E-state index is -0.222. The summed E-state index contributed by atoms with van der Waals surface area (Å²) in [5.74, 6) is 0. The van der Waals surface area contributed by atoms with Crippen LogP contribution in [0.2, 0.25) is 0 Å². The summed E-state index contributed by atoms with van der Waals surface area (Å²) in [6.45, 7) is 3.60. The highest BCUT2D eigenvalue weighted by atomic mass is 16.2. The number of rotatable bonds is 1. The van der Waals surface area contributed by atoms with Crippen molar-refractivity contribution in [1.29, 1.82) is 0 Å². The number of hydrogen-bond acceptors (Lipinski definition) is 3. The summed E-state index contributed by atoms with van der Waals surface area (Å²) in [4.78, 5) is 25.2. The van der Waals surface area contributed by atoms with Crippen LogP contribution in [0.15, 0.2) is 27.8 Å². The van der Waals surface area contributed by atoms with E-state index >= 15 is 0 Å². The molecule has 1 fully saturated rings. The maximum atomic E-state index is 12.7. The number of benzene rings is 1. The SMILES string of the molecule is Cc1ccc2c(c1)c(=O)n(C1CCCNC1)c(=O)n2C. The quantitative estimate of drug-likeness (QED) is 0.841. The van der Waals surface area contributed by atoms with Crippen molar-refractivity contribution in [2.24, 2.45) is 7.05 Å². The maximum absolute atomic E-state index is 12.7. The van der Waals surface area contributed by atoms with Crippen molar-refractivity contribution >= 4 is 10.9 Å². The van der Waals surface area contributed by atoms with Crippen LogP contribution in [0.4, 0.5) is 0 Å². The van der Waals surface area contributed by atoms with Gasteiger partial charge >= 0.3 is 5.69 Å². The molecule has 3 rings (SSSR count). The topological polar surface area (TPSA) is 56.0 Å². The first-order valence-electron chi connectivity index (χ1n) is 7.02. The van der Waals surface area contributed by atoms with Crippen LogP contribution in [-0.2, 0) is 7.05 Å². The number of hydrogen-bond donors (Lipinski definition) is 1. The van der Waals surface area contributed by atoms with E-state index in [-0.39, 0.29) is 17.3 Å². The predicted molar refractivity (Wildman–Crippen MR) is 79.3 cm³/mol. The Morgan fingerprint density at radius 2 is 2.10 bits per heavy atom. The summed E-state index contributed by atoms with van der Waals surface area (Å²) in [7, 11) is 1.73. The largest absolute Gasteiger partial charge is 0.331 e. The molecule has 1 unspecified atom stereocenters. The second-order valence-corrected chi connectivity index (χ2v) is 5.54. The number of aromatic nitrogens is 2. The molecule has 0 amide bonds. The Labute approximate surface area is 116 Å². The first-order valence-corrected chi connectivity index (χ1v) is 7.02. The van der Waals surface area contributed by atoms with E-state index in [1.54, 1.807) is 11.6 Å². The van der Waals surface area contributed by atoms with E-state index in [1.807, 2.05) is 25.1 Å². The molecule has 1 aliphatic heterocycles. The molecule has 1 saturated heterocycles. The summed E-state index contributed by atoms with van der Waals surface area (Å²) in [6.07, 6.45) is 1.87. The second kappa shape index (κ2) is 4.90. The number of nitrogens with zero attached hydrogens (tertiary/aromatic N) is 2. The third-order valence-corrected chi connectivity index (χ3v) is 4.09. The normalized spacial score (nSPS) is 19.4. The van der Waals surface area contributed by atoms with Crippen molar-refractivity contribution in [2.75, 3.05) is 13.1 Å². The first-order chi connectivity index (χ1) is 9.59. The van der Waals surface area contributed by atoms with Crippen molar-refractivity contribution in [2.45, 2.75) is 25.8 Å². The highest BCUT2D eigenvalue weighted by Gasteiger charge is 2.21. The van der Waals surface area contributed by atoms with E-state index in [4.69, 9.17) is 0 Å². The third kappa shape index (κ3) is 1.98. The molecule has 5 heteroatoms. The zero-order chi connectivity index (χ0) is 14.3. The number of piperidine rings is 1. The Bertz CT molecular complexity index is 767. The van der Waals surface area contributed by atoms with Crippen LogP contribution in [0.3, 0.4) is 0 Å².